The van der Waals surface area contributed by atoms with Crippen molar-refractivity contribution in [2.75, 3.05) is 32.3 Å². The van der Waals surface area contributed by atoms with E-state index in [1.165, 1.54) is 17.9 Å². The summed E-state index contributed by atoms with van der Waals surface area (Å²) in [4.78, 5) is 0. The molecule has 5 atom stereocenters. The summed E-state index contributed by atoms with van der Waals surface area (Å²) in [7, 11) is 1.56. The molecular weight excluding hydrogens is 420 g/mol. The Labute approximate surface area is 189 Å². The van der Waals surface area contributed by atoms with Crippen molar-refractivity contribution in [3.8, 4) is 0 Å². The zero-order valence-electron chi connectivity index (χ0n) is 20.2. The fourth-order valence-corrected chi connectivity index (χ4v) is 7.87. The van der Waals surface area contributed by atoms with Gasteiger partial charge in [-0.25, -0.2) is 0 Å². The van der Waals surface area contributed by atoms with Crippen LogP contribution in [0.4, 0.5) is 0 Å². The van der Waals surface area contributed by atoms with Crippen LogP contribution >= 0.6 is 23.5 Å². The maximum atomic E-state index is 9.61. The second-order valence-corrected chi connectivity index (χ2v) is 17.6. The van der Waals surface area contributed by atoms with E-state index in [0.29, 0.717) is 10.5 Å². The van der Waals surface area contributed by atoms with E-state index in [2.05, 4.69) is 71.2 Å². The molecule has 29 heavy (non-hydrogen) atoms. The number of aliphatic hydroxyl groups excluding tert-OH is 1. The SMILES string of the molecule is CO[C@@H](C[C@@H](C)CO)[C@@H](O[Si](C)(C)C(C)(C)C)[C@H](C[C@@H](C)C1SCCCS1)OC. The molecule has 0 bridgehead atoms. The number of rotatable bonds is 12. The lowest BCUT2D eigenvalue weighted by Gasteiger charge is -2.44. The second-order valence-electron chi connectivity index (χ2n) is 10.1. The summed E-state index contributed by atoms with van der Waals surface area (Å²) < 4.78 is 19.6. The highest BCUT2D eigenvalue weighted by molar-refractivity contribution is 8.17. The summed E-state index contributed by atoms with van der Waals surface area (Å²) in [5.74, 6) is 3.25. The van der Waals surface area contributed by atoms with Crippen molar-refractivity contribution >= 4 is 31.8 Å². The van der Waals surface area contributed by atoms with E-state index < -0.39 is 8.32 Å². The van der Waals surface area contributed by atoms with E-state index in [9.17, 15) is 5.11 Å². The first-order valence-corrected chi connectivity index (χ1v) is 16.0. The summed E-state index contributed by atoms with van der Waals surface area (Å²) in [6.45, 7) is 16.0. The molecule has 0 amide bonds. The van der Waals surface area contributed by atoms with Crippen LogP contribution in [0.3, 0.4) is 0 Å². The molecule has 1 saturated heterocycles. The first kappa shape index (κ1) is 27.8. The lowest BCUT2D eigenvalue weighted by molar-refractivity contribution is -0.0948. The van der Waals surface area contributed by atoms with E-state index >= 15 is 0 Å². The molecule has 0 aromatic carbocycles. The standard InChI is InChI=1S/C22H46O4S2Si/c1-16(15-23)13-18(24-6)20(26-29(8,9)22(3,4)5)19(25-7)14-17(2)21-27-11-10-12-28-21/h16-21,23H,10-15H2,1-9H3/t16-,17-,18+,19+,20-/m1/s1. The van der Waals surface area contributed by atoms with Crippen molar-refractivity contribution < 1.29 is 19.0 Å². The normalized spacial score (nSPS) is 22.1. The Morgan fingerprint density at radius 1 is 1.00 bits per heavy atom. The van der Waals surface area contributed by atoms with Crippen LogP contribution < -0.4 is 0 Å². The predicted octanol–water partition coefficient (Wildman–Crippen LogP) is 5.65. The Balaban J connectivity index is 3.06. The highest BCUT2D eigenvalue weighted by atomic mass is 32.2. The number of hydrogen-bond acceptors (Lipinski definition) is 6. The van der Waals surface area contributed by atoms with Gasteiger partial charge >= 0.3 is 0 Å². The number of aliphatic hydroxyl groups is 1. The molecule has 1 heterocycles. The molecule has 0 radical (unpaired) electrons. The minimum atomic E-state index is -2.01. The average Bonchev–Trinajstić information content (AvgIpc) is 2.68. The van der Waals surface area contributed by atoms with E-state index in [1.54, 1.807) is 7.11 Å². The average molecular weight is 467 g/mol. The molecule has 1 aliphatic heterocycles. The van der Waals surface area contributed by atoms with E-state index in [1.807, 2.05) is 7.11 Å². The van der Waals surface area contributed by atoms with Gasteiger partial charge in [-0.15, -0.1) is 23.5 Å². The Hall–Kier alpha value is 0.757. The van der Waals surface area contributed by atoms with Gasteiger partial charge < -0.3 is 19.0 Å². The zero-order chi connectivity index (χ0) is 22.2. The fraction of sp³-hybridized carbons (Fsp3) is 1.00. The molecule has 1 rings (SSSR count). The zero-order valence-corrected chi connectivity index (χ0v) is 22.8. The highest BCUT2D eigenvalue weighted by Crippen LogP contribution is 2.41. The molecule has 0 aliphatic carbocycles. The quantitative estimate of drug-likeness (QED) is 0.375. The third kappa shape index (κ3) is 8.66. The minimum absolute atomic E-state index is 0.0157. The van der Waals surface area contributed by atoms with Gasteiger partial charge in [-0.05, 0) is 60.7 Å². The Morgan fingerprint density at radius 3 is 1.97 bits per heavy atom. The molecule has 0 spiro atoms. The lowest BCUT2D eigenvalue weighted by atomic mass is 9.93. The van der Waals surface area contributed by atoms with Gasteiger partial charge in [0.15, 0.2) is 8.32 Å². The molecule has 7 heteroatoms. The summed E-state index contributed by atoms with van der Waals surface area (Å²) in [5.41, 5.74) is 0. The van der Waals surface area contributed by atoms with Crippen LogP contribution in [0.25, 0.3) is 0 Å². The predicted molar refractivity (Wildman–Crippen MR) is 132 cm³/mol. The van der Waals surface area contributed by atoms with Gasteiger partial charge in [-0.2, -0.15) is 0 Å². The first-order valence-electron chi connectivity index (χ1n) is 11.0. The minimum Gasteiger partial charge on any atom is -0.409 e. The second kappa shape index (κ2) is 12.7. The molecule has 1 aliphatic rings. The molecule has 1 N–H and O–H groups in total. The largest absolute Gasteiger partial charge is 0.409 e. The van der Waals surface area contributed by atoms with Crippen molar-refractivity contribution in [3.05, 3.63) is 0 Å². The van der Waals surface area contributed by atoms with Crippen LogP contribution in [0.1, 0.15) is 53.9 Å². The van der Waals surface area contributed by atoms with Gasteiger partial charge in [-0.1, -0.05) is 34.6 Å². The molecule has 0 aromatic rings. The molecule has 1 fully saturated rings. The summed E-state index contributed by atoms with van der Waals surface area (Å²) >= 11 is 4.18. The summed E-state index contributed by atoms with van der Waals surface area (Å²) in [6.07, 6.45) is 2.82. The van der Waals surface area contributed by atoms with Gasteiger partial charge in [0, 0.05) is 20.8 Å². The first-order chi connectivity index (χ1) is 13.5. The number of hydrogen-bond donors (Lipinski definition) is 1. The van der Waals surface area contributed by atoms with E-state index in [4.69, 9.17) is 13.9 Å². The van der Waals surface area contributed by atoms with Gasteiger partial charge in [0.2, 0.25) is 0 Å². The number of thioether (sulfide) groups is 2. The lowest BCUT2D eigenvalue weighted by Crippen LogP contribution is -2.53. The van der Waals surface area contributed by atoms with Crippen LogP contribution in [0.5, 0.6) is 0 Å². The fourth-order valence-electron chi connectivity index (χ4n) is 3.42. The third-order valence-corrected chi connectivity index (χ3v) is 14.4. The molecule has 0 aromatic heterocycles. The third-order valence-electron chi connectivity index (χ3n) is 6.44. The van der Waals surface area contributed by atoms with Crippen molar-refractivity contribution in [3.63, 3.8) is 0 Å². The van der Waals surface area contributed by atoms with Crippen molar-refractivity contribution in [2.24, 2.45) is 11.8 Å². The topological polar surface area (TPSA) is 47.9 Å². The van der Waals surface area contributed by atoms with Crippen molar-refractivity contribution in [1.29, 1.82) is 0 Å². The van der Waals surface area contributed by atoms with Gasteiger partial charge in [-0.3, -0.25) is 0 Å². The maximum absolute atomic E-state index is 9.61. The molecule has 4 nitrogen and oxygen atoms in total. The van der Waals surface area contributed by atoms with Gasteiger partial charge in [0.25, 0.3) is 0 Å². The Morgan fingerprint density at radius 2 is 1.52 bits per heavy atom. The number of methoxy groups -OCH3 is 2. The molecule has 0 saturated carbocycles. The van der Waals surface area contributed by atoms with Crippen LogP contribution in [0, 0.1) is 11.8 Å². The van der Waals surface area contributed by atoms with E-state index in [-0.39, 0.29) is 35.9 Å². The Bertz CT molecular complexity index is 453. The van der Waals surface area contributed by atoms with Crippen LogP contribution in [0.2, 0.25) is 18.1 Å². The molecule has 174 valence electrons. The van der Waals surface area contributed by atoms with Gasteiger partial charge in [0.05, 0.1) is 22.9 Å². The van der Waals surface area contributed by atoms with Gasteiger partial charge in [0.1, 0.15) is 0 Å². The summed E-state index contributed by atoms with van der Waals surface area (Å²) in [5, 5.41) is 9.73. The van der Waals surface area contributed by atoms with Crippen LogP contribution in [0.15, 0.2) is 0 Å². The van der Waals surface area contributed by atoms with Crippen LogP contribution in [-0.4, -0.2) is 68.6 Å². The summed E-state index contributed by atoms with van der Waals surface area (Å²) in [6, 6.07) is 0. The van der Waals surface area contributed by atoms with Crippen LogP contribution in [-0.2, 0) is 13.9 Å². The van der Waals surface area contributed by atoms with Crippen molar-refractivity contribution in [1.82, 2.24) is 0 Å². The number of ether oxygens (including phenoxy) is 2. The van der Waals surface area contributed by atoms with E-state index in [0.717, 1.165) is 12.8 Å². The highest BCUT2D eigenvalue weighted by Gasteiger charge is 2.44. The smallest absolute Gasteiger partial charge is 0.192 e. The monoisotopic (exact) mass is 466 g/mol. The molecule has 0 unspecified atom stereocenters. The maximum Gasteiger partial charge on any atom is 0.192 e. The Kier molecular flexibility index (Phi) is 12.2. The molecular formula is C22H46O4S2Si. The van der Waals surface area contributed by atoms with Crippen molar-refractivity contribution in [2.45, 2.75) is 94.9 Å².